The molecule has 44 valence electrons. The molecular weight excluding hydrogens is 145 g/mol. The maximum absolute atomic E-state index is 5.63. The van der Waals surface area contributed by atoms with Crippen molar-refractivity contribution in [3.05, 3.63) is 11.1 Å². The summed E-state index contributed by atoms with van der Waals surface area (Å²) >= 11 is 11.1. The summed E-state index contributed by atoms with van der Waals surface area (Å²) in [5.41, 5.74) is 0. The Morgan fingerprint density at radius 3 is 2.75 bits per heavy atom. The maximum atomic E-state index is 5.63. The van der Waals surface area contributed by atoms with Gasteiger partial charge in [-0.3, -0.25) is 4.99 Å². The van der Waals surface area contributed by atoms with Gasteiger partial charge in [0.25, 0.3) is 0 Å². The van der Waals surface area contributed by atoms with Crippen molar-refractivity contribution < 1.29 is 0 Å². The highest BCUT2D eigenvalue weighted by molar-refractivity contribution is 6.33. The molecule has 0 bridgehead atoms. The zero-order chi connectivity index (χ0) is 5.98. The molecule has 3 heteroatoms. The Hall–Kier alpha value is -0.0100. The van der Waals surface area contributed by atoms with Crippen molar-refractivity contribution in [3.8, 4) is 0 Å². The van der Waals surface area contributed by atoms with Gasteiger partial charge in [-0.1, -0.05) is 11.6 Å². The summed E-state index contributed by atoms with van der Waals surface area (Å²) in [6, 6.07) is 0.0262. The molecule has 1 unspecified atom stereocenters. The smallest absolute Gasteiger partial charge is 0.0989 e. The van der Waals surface area contributed by atoms with Crippen molar-refractivity contribution in [1.29, 1.82) is 0 Å². The number of halogens is 2. The van der Waals surface area contributed by atoms with E-state index >= 15 is 0 Å². The van der Waals surface area contributed by atoms with Gasteiger partial charge in [0.05, 0.1) is 6.04 Å². The van der Waals surface area contributed by atoms with Gasteiger partial charge in [-0.2, -0.15) is 0 Å². The molecule has 1 heterocycles. The van der Waals surface area contributed by atoms with Gasteiger partial charge in [-0.25, -0.2) is 0 Å². The van der Waals surface area contributed by atoms with E-state index in [0.717, 1.165) is 5.03 Å². The van der Waals surface area contributed by atoms with Gasteiger partial charge in [-0.05, 0) is 6.08 Å². The van der Waals surface area contributed by atoms with Crippen LogP contribution in [0.15, 0.2) is 16.1 Å². The molecule has 0 spiro atoms. The van der Waals surface area contributed by atoms with E-state index in [1.807, 2.05) is 0 Å². The van der Waals surface area contributed by atoms with Gasteiger partial charge in [0.1, 0.15) is 0 Å². The van der Waals surface area contributed by atoms with Crippen LogP contribution in [0.25, 0.3) is 0 Å². The van der Waals surface area contributed by atoms with Crippen molar-refractivity contribution in [1.82, 2.24) is 0 Å². The minimum atomic E-state index is 0.0262. The molecule has 0 aromatic heterocycles. The molecule has 0 fully saturated rings. The summed E-state index contributed by atoms with van der Waals surface area (Å²) in [7, 11) is 0. The predicted molar refractivity (Wildman–Crippen MR) is 36.9 cm³/mol. The highest BCUT2D eigenvalue weighted by Crippen LogP contribution is 2.16. The van der Waals surface area contributed by atoms with Crippen LogP contribution < -0.4 is 0 Å². The SMILES string of the molecule is ClCC1N=CC=C1Cl. The number of nitrogens with zero attached hydrogens (tertiary/aromatic N) is 1. The average molecular weight is 150 g/mol. The first-order valence-electron chi connectivity index (χ1n) is 2.29. The van der Waals surface area contributed by atoms with E-state index in [1.54, 1.807) is 12.3 Å². The van der Waals surface area contributed by atoms with E-state index in [0.29, 0.717) is 5.88 Å². The molecule has 1 atom stereocenters. The first-order valence-corrected chi connectivity index (χ1v) is 3.20. The van der Waals surface area contributed by atoms with E-state index in [2.05, 4.69) is 4.99 Å². The number of aliphatic imine (C=N–C) groups is 1. The topological polar surface area (TPSA) is 12.4 Å². The van der Waals surface area contributed by atoms with Crippen molar-refractivity contribution >= 4 is 29.4 Å². The van der Waals surface area contributed by atoms with Crippen LogP contribution in [0, 0.1) is 0 Å². The zero-order valence-corrected chi connectivity index (χ0v) is 5.65. The van der Waals surface area contributed by atoms with Crippen molar-refractivity contribution in [2.75, 3.05) is 5.88 Å². The Morgan fingerprint density at radius 1 is 1.75 bits per heavy atom. The first kappa shape index (κ1) is 6.12. The number of hydrogen-bond acceptors (Lipinski definition) is 1. The third-order valence-electron chi connectivity index (χ3n) is 0.964. The number of hydrogen-bond donors (Lipinski definition) is 0. The lowest BCUT2D eigenvalue weighted by Crippen LogP contribution is -2.01. The molecule has 0 saturated carbocycles. The van der Waals surface area contributed by atoms with Gasteiger partial charge in [-0.15, -0.1) is 11.6 Å². The fourth-order valence-corrected chi connectivity index (χ4v) is 1.03. The molecule has 0 aromatic rings. The van der Waals surface area contributed by atoms with Crippen molar-refractivity contribution in [2.45, 2.75) is 6.04 Å². The molecule has 0 aliphatic carbocycles. The van der Waals surface area contributed by atoms with Gasteiger partial charge in [0.15, 0.2) is 0 Å². The Balaban J connectivity index is 2.58. The van der Waals surface area contributed by atoms with E-state index in [-0.39, 0.29) is 6.04 Å². The summed E-state index contributed by atoms with van der Waals surface area (Å²) in [5, 5.41) is 0.736. The molecular formula is C5H5Cl2N. The standard InChI is InChI=1S/C5H5Cl2N/c6-3-5-4(7)1-2-8-5/h1-2,5H,3H2. The third-order valence-corrected chi connectivity index (χ3v) is 1.63. The fourth-order valence-electron chi connectivity index (χ4n) is 0.514. The average Bonchev–Trinajstić information content (AvgIpc) is 2.14. The molecule has 1 rings (SSSR count). The van der Waals surface area contributed by atoms with Gasteiger partial charge in [0, 0.05) is 17.1 Å². The largest absolute Gasteiger partial charge is 0.283 e. The molecule has 0 amide bonds. The predicted octanol–water partition coefficient (Wildman–Crippen LogP) is 1.80. The lowest BCUT2D eigenvalue weighted by Gasteiger charge is -1.98. The van der Waals surface area contributed by atoms with Gasteiger partial charge >= 0.3 is 0 Å². The second-order valence-electron chi connectivity index (χ2n) is 1.52. The minimum absolute atomic E-state index is 0.0262. The number of alkyl halides is 1. The first-order chi connectivity index (χ1) is 3.84. The molecule has 0 saturated heterocycles. The molecule has 0 aromatic carbocycles. The van der Waals surface area contributed by atoms with Crippen LogP contribution in [0.5, 0.6) is 0 Å². The molecule has 8 heavy (non-hydrogen) atoms. The van der Waals surface area contributed by atoms with Gasteiger partial charge < -0.3 is 0 Å². The highest BCUT2D eigenvalue weighted by Gasteiger charge is 2.10. The summed E-state index contributed by atoms with van der Waals surface area (Å²) in [5.74, 6) is 0.478. The normalized spacial score (nSPS) is 26.2. The van der Waals surface area contributed by atoms with Crippen LogP contribution in [-0.4, -0.2) is 18.1 Å². The maximum Gasteiger partial charge on any atom is 0.0989 e. The second-order valence-corrected chi connectivity index (χ2v) is 2.26. The Kier molecular flexibility index (Phi) is 1.92. The van der Waals surface area contributed by atoms with Crippen LogP contribution in [-0.2, 0) is 0 Å². The lowest BCUT2D eigenvalue weighted by atomic mass is 10.3. The van der Waals surface area contributed by atoms with Crippen LogP contribution in [0.1, 0.15) is 0 Å². The van der Waals surface area contributed by atoms with E-state index in [9.17, 15) is 0 Å². The number of allylic oxidation sites excluding steroid dienone is 1. The van der Waals surface area contributed by atoms with Gasteiger partial charge in [0.2, 0.25) is 0 Å². The zero-order valence-electron chi connectivity index (χ0n) is 4.14. The Labute approximate surface area is 58.0 Å². The molecule has 0 N–H and O–H groups in total. The lowest BCUT2D eigenvalue weighted by molar-refractivity contribution is 0.941. The highest BCUT2D eigenvalue weighted by atomic mass is 35.5. The van der Waals surface area contributed by atoms with Crippen LogP contribution in [0.2, 0.25) is 0 Å². The summed E-state index contributed by atoms with van der Waals surface area (Å²) in [6.45, 7) is 0. The summed E-state index contributed by atoms with van der Waals surface area (Å²) in [6.07, 6.45) is 3.43. The Morgan fingerprint density at radius 2 is 2.50 bits per heavy atom. The minimum Gasteiger partial charge on any atom is -0.283 e. The quantitative estimate of drug-likeness (QED) is 0.505. The summed E-state index contributed by atoms with van der Waals surface area (Å²) in [4.78, 5) is 3.95. The fraction of sp³-hybridized carbons (Fsp3) is 0.400. The monoisotopic (exact) mass is 149 g/mol. The van der Waals surface area contributed by atoms with Crippen LogP contribution in [0.4, 0.5) is 0 Å². The molecule has 1 nitrogen and oxygen atoms in total. The van der Waals surface area contributed by atoms with E-state index in [4.69, 9.17) is 23.2 Å². The number of rotatable bonds is 1. The van der Waals surface area contributed by atoms with Crippen LogP contribution in [0.3, 0.4) is 0 Å². The van der Waals surface area contributed by atoms with Crippen molar-refractivity contribution in [3.63, 3.8) is 0 Å². The van der Waals surface area contributed by atoms with E-state index in [1.165, 1.54) is 0 Å². The summed E-state index contributed by atoms with van der Waals surface area (Å²) < 4.78 is 0. The molecule has 1 aliphatic heterocycles. The third kappa shape index (κ3) is 1.04. The molecule has 0 radical (unpaired) electrons. The second kappa shape index (κ2) is 2.51. The molecule has 1 aliphatic rings. The van der Waals surface area contributed by atoms with Crippen molar-refractivity contribution in [2.24, 2.45) is 4.99 Å². The van der Waals surface area contributed by atoms with Crippen LogP contribution >= 0.6 is 23.2 Å². The Bertz CT molecular complexity index is 139. The van der Waals surface area contributed by atoms with E-state index < -0.39 is 0 Å².